The van der Waals surface area contributed by atoms with Crippen LogP contribution in [0.4, 0.5) is 0 Å². The summed E-state index contributed by atoms with van der Waals surface area (Å²) < 4.78 is 0. The number of thioether (sulfide) groups is 1. The molecule has 0 amide bonds. The lowest BCUT2D eigenvalue weighted by molar-refractivity contribution is 0.385. The van der Waals surface area contributed by atoms with Crippen LogP contribution in [0.25, 0.3) is 0 Å². The third kappa shape index (κ3) is 2.21. The summed E-state index contributed by atoms with van der Waals surface area (Å²) in [7, 11) is 0. The number of rotatable bonds is 4. The Hall–Kier alpha value is -0.0600. The molecular weight excluding hydrogens is 188 g/mol. The Labute approximate surface area is 80.8 Å². The minimum Gasteiger partial charge on any atom is -0.316 e. The lowest BCUT2D eigenvalue weighted by Gasteiger charge is -2.26. The first-order valence-corrected chi connectivity index (χ1v) is 6.15. The van der Waals surface area contributed by atoms with E-state index in [1.165, 1.54) is 23.8 Å². The predicted octanol–water partition coefficient (Wildman–Crippen LogP) is 1.60. The molecule has 2 heterocycles. The Kier molecular flexibility index (Phi) is 3.03. The summed E-state index contributed by atoms with van der Waals surface area (Å²) in [5, 5.41) is 6.58. The van der Waals surface area contributed by atoms with Gasteiger partial charge in [-0.3, -0.25) is 0 Å². The zero-order chi connectivity index (χ0) is 8.23. The van der Waals surface area contributed by atoms with Crippen LogP contribution in [0, 0.1) is 5.92 Å². The molecule has 0 aromatic carbocycles. The maximum absolute atomic E-state index is 4.24. The number of hydrogen-bond acceptors (Lipinski definition) is 4. The molecule has 1 saturated heterocycles. The van der Waals surface area contributed by atoms with E-state index in [0.29, 0.717) is 0 Å². The molecule has 1 aromatic rings. The van der Waals surface area contributed by atoms with Gasteiger partial charge in [-0.2, -0.15) is 11.8 Å². The molecule has 12 heavy (non-hydrogen) atoms. The summed E-state index contributed by atoms with van der Waals surface area (Å²) >= 11 is 3.76. The van der Waals surface area contributed by atoms with Gasteiger partial charge >= 0.3 is 0 Å². The second kappa shape index (κ2) is 4.25. The standard InChI is InChI=1S/C8H12N2S2/c1-2-12-8(10-1)6-11-5-7-3-9-4-7/h1-2,7,9H,3-6H2. The smallest absolute Gasteiger partial charge is 0.102 e. The Morgan fingerprint density at radius 1 is 1.67 bits per heavy atom. The van der Waals surface area contributed by atoms with Gasteiger partial charge in [0.1, 0.15) is 5.01 Å². The van der Waals surface area contributed by atoms with Crippen molar-refractivity contribution in [3.8, 4) is 0 Å². The monoisotopic (exact) mass is 200 g/mol. The SMILES string of the molecule is c1csc(CSCC2CNC2)n1. The summed E-state index contributed by atoms with van der Waals surface area (Å²) in [5.41, 5.74) is 0. The molecule has 0 aliphatic carbocycles. The highest BCUT2D eigenvalue weighted by Gasteiger charge is 2.15. The molecule has 0 bridgehead atoms. The maximum atomic E-state index is 4.24. The molecule has 1 aromatic heterocycles. The van der Waals surface area contributed by atoms with Crippen molar-refractivity contribution in [3.63, 3.8) is 0 Å². The Morgan fingerprint density at radius 3 is 3.17 bits per heavy atom. The van der Waals surface area contributed by atoms with Gasteiger partial charge in [0.25, 0.3) is 0 Å². The molecule has 0 unspecified atom stereocenters. The minimum atomic E-state index is 0.912. The molecule has 0 atom stereocenters. The summed E-state index contributed by atoms with van der Waals surface area (Å²) in [6, 6.07) is 0. The van der Waals surface area contributed by atoms with Crippen LogP contribution in [0.2, 0.25) is 0 Å². The molecule has 1 fully saturated rings. The van der Waals surface area contributed by atoms with E-state index in [4.69, 9.17) is 0 Å². The van der Waals surface area contributed by atoms with E-state index in [-0.39, 0.29) is 0 Å². The lowest BCUT2D eigenvalue weighted by Crippen LogP contribution is -2.43. The predicted molar refractivity (Wildman–Crippen MR) is 54.6 cm³/mol. The van der Waals surface area contributed by atoms with Gasteiger partial charge in [-0.1, -0.05) is 0 Å². The number of aromatic nitrogens is 1. The first-order chi connectivity index (χ1) is 5.95. The van der Waals surface area contributed by atoms with Crippen LogP contribution < -0.4 is 5.32 Å². The minimum absolute atomic E-state index is 0.912. The average Bonchev–Trinajstić information content (AvgIpc) is 2.46. The van der Waals surface area contributed by atoms with Crippen molar-refractivity contribution in [2.45, 2.75) is 5.75 Å². The van der Waals surface area contributed by atoms with Gasteiger partial charge in [0.15, 0.2) is 0 Å². The van der Waals surface area contributed by atoms with Gasteiger partial charge in [0.05, 0.1) is 0 Å². The summed E-state index contributed by atoms with van der Waals surface area (Å²) in [4.78, 5) is 4.24. The Morgan fingerprint density at radius 2 is 2.58 bits per heavy atom. The van der Waals surface area contributed by atoms with Gasteiger partial charge < -0.3 is 5.32 Å². The molecule has 4 heteroatoms. The van der Waals surface area contributed by atoms with Gasteiger partial charge in [-0.25, -0.2) is 4.98 Å². The number of nitrogens with zero attached hydrogens (tertiary/aromatic N) is 1. The van der Waals surface area contributed by atoms with Crippen molar-refractivity contribution in [2.24, 2.45) is 5.92 Å². The van der Waals surface area contributed by atoms with Gasteiger partial charge in [-0.05, 0) is 24.8 Å². The fourth-order valence-electron chi connectivity index (χ4n) is 1.10. The zero-order valence-corrected chi connectivity index (χ0v) is 8.46. The quantitative estimate of drug-likeness (QED) is 0.799. The van der Waals surface area contributed by atoms with Crippen LogP contribution in [0.3, 0.4) is 0 Å². The number of nitrogens with one attached hydrogen (secondary N) is 1. The van der Waals surface area contributed by atoms with Crippen molar-refractivity contribution in [1.29, 1.82) is 0 Å². The van der Waals surface area contributed by atoms with Crippen LogP contribution in [-0.2, 0) is 5.75 Å². The van der Waals surface area contributed by atoms with Crippen molar-refractivity contribution < 1.29 is 0 Å². The summed E-state index contributed by atoms with van der Waals surface area (Å²) in [6.45, 7) is 2.43. The molecule has 1 N–H and O–H groups in total. The highest BCUT2D eigenvalue weighted by molar-refractivity contribution is 7.98. The van der Waals surface area contributed by atoms with E-state index in [2.05, 4.69) is 10.3 Å². The Bertz CT molecular complexity index is 219. The van der Waals surface area contributed by atoms with E-state index in [1.807, 2.05) is 23.3 Å². The molecular formula is C8H12N2S2. The highest BCUT2D eigenvalue weighted by atomic mass is 32.2. The van der Waals surface area contributed by atoms with E-state index in [1.54, 1.807) is 11.3 Å². The van der Waals surface area contributed by atoms with Crippen LogP contribution in [0.1, 0.15) is 5.01 Å². The average molecular weight is 200 g/mol. The van der Waals surface area contributed by atoms with Crippen LogP contribution in [0.15, 0.2) is 11.6 Å². The van der Waals surface area contributed by atoms with E-state index in [9.17, 15) is 0 Å². The van der Waals surface area contributed by atoms with Crippen LogP contribution in [0.5, 0.6) is 0 Å². The molecule has 0 radical (unpaired) electrons. The molecule has 1 aliphatic rings. The number of thiazole rings is 1. The molecule has 0 saturated carbocycles. The topological polar surface area (TPSA) is 24.9 Å². The summed E-state index contributed by atoms with van der Waals surface area (Å²) in [6.07, 6.45) is 1.88. The fourth-order valence-corrected chi connectivity index (χ4v) is 2.96. The first kappa shape index (κ1) is 8.53. The maximum Gasteiger partial charge on any atom is 0.102 e. The summed E-state index contributed by atoms with van der Waals surface area (Å²) in [5.74, 6) is 3.29. The fraction of sp³-hybridized carbons (Fsp3) is 0.625. The molecule has 0 spiro atoms. The van der Waals surface area contributed by atoms with E-state index < -0.39 is 0 Å². The first-order valence-electron chi connectivity index (χ1n) is 4.12. The van der Waals surface area contributed by atoms with Crippen LogP contribution >= 0.6 is 23.1 Å². The molecule has 1 aliphatic heterocycles. The largest absolute Gasteiger partial charge is 0.316 e. The van der Waals surface area contributed by atoms with Crippen molar-refractivity contribution in [3.05, 3.63) is 16.6 Å². The van der Waals surface area contributed by atoms with Crippen molar-refractivity contribution in [1.82, 2.24) is 10.3 Å². The second-order valence-electron chi connectivity index (χ2n) is 2.97. The molecule has 2 nitrogen and oxygen atoms in total. The third-order valence-electron chi connectivity index (χ3n) is 1.93. The van der Waals surface area contributed by atoms with Crippen molar-refractivity contribution >= 4 is 23.1 Å². The van der Waals surface area contributed by atoms with Gasteiger partial charge in [0.2, 0.25) is 0 Å². The van der Waals surface area contributed by atoms with Crippen molar-refractivity contribution in [2.75, 3.05) is 18.8 Å². The van der Waals surface area contributed by atoms with Gasteiger partial charge in [0, 0.05) is 17.3 Å². The lowest BCUT2D eigenvalue weighted by atomic mass is 10.1. The number of hydrogen-bond donors (Lipinski definition) is 1. The molecule has 66 valence electrons. The highest BCUT2D eigenvalue weighted by Crippen LogP contribution is 2.18. The second-order valence-corrected chi connectivity index (χ2v) is 4.97. The zero-order valence-electron chi connectivity index (χ0n) is 6.82. The molecule has 2 rings (SSSR count). The van der Waals surface area contributed by atoms with E-state index in [0.717, 1.165) is 11.7 Å². The van der Waals surface area contributed by atoms with Crippen LogP contribution in [-0.4, -0.2) is 23.8 Å². The van der Waals surface area contributed by atoms with E-state index >= 15 is 0 Å². The van der Waals surface area contributed by atoms with Gasteiger partial charge in [-0.15, -0.1) is 11.3 Å². The Balaban J connectivity index is 1.62. The third-order valence-corrected chi connectivity index (χ3v) is 4.08. The normalized spacial score (nSPS) is 17.7.